The van der Waals surface area contributed by atoms with Gasteiger partial charge in [-0.25, -0.2) is 4.79 Å². The molecule has 172 valence electrons. The summed E-state index contributed by atoms with van der Waals surface area (Å²) in [4.78, 5) is 24.0. The lowest BCUT2D eigenvalue weighted by atomic mass is 9.73. The molecule has 6 heteroatoms. The van der Waals surface area contributed by atoms with Gasteiger partial charge in [-0.05, 0) is 54.4 Å². The third-order valence-electron chi connectivity index (χ3n) is 6.68. The van der Waals surface area contributed by atoms with Gasteiger partial charge in [-0.15, -0.1) is 0 Å². The van der Waals surface area contributed by atoms with Gasteiger partial charge in [0.25, 0.3) is 5.91 Å². The number of carbonyl (C=O) groups is 2. The van der Waals surface area contributed by atoms with E-state index in [1.165, 1.54) is 12.1 Å². The molecule has 0 heterocycles. The molecule has 5 atom stereocenters. The molecule has 6 nitrogen and oxygen atoms in total. The van der Waals surface area contributed by atoms with Crippen LogP contribution < -0.4 is 5.32 Å². The van der Waals surface area contributed by atoms with Crippen LogP contribution in [0.25, 0.3) is 0 Å². The Labute approximate surface area is 189 Å². The molecule has 0 aliphatic heterocycles. The van der Waals surface area contributed by atoms with Crippen LogP contribution >= 0.6 is 0 Å². The second-order valence-corrected chi connectivity index (χ2v) is 9.54. The number of amides is 1. The molecule has 3 rings (SSSR count). The molecule has 1 saturated carbocycles. The van der Waals surface area contributed by atoms with Gasteiger partial charge in [0.2, 0.25) is 0 Å². The molecule has 1 amide bonds. The topological polar surface area (TPSA) is 107 Å². The molecule has 2 aromatic carbocycles. The summed E-state index contributed by atoms with van der Waals surface area (Å²) in [7, 11) is 0. The van der Waals surface area contributed by atoms with Crippen molar-refractivity contribution in [1.29, 1.82) is 0 Å². The van der Waals surface area contributed by atoms with Gasteiger partial charge >= 0.3 is 5.97 Å². The summed E-state index contributed by atoms with van der Waals surface area (Å²) in [6.45, 7) is 4.57. The molecule has 1 fully saturated rings. The summed E-state index contributed by atoms with van der Waals surface area (Å²) in [5.74, 6) is -1.40. The minimum Gasteiger partial charge on any atom is -0.478 e. The van der Waals surface area contributed by atoms with Crippen LogP contribution in [0.15, 0.2) is 54.6 Å². The molecule has 0 saturated heterocycles. The first kappa shape index (κ1) is 24.0. The fraction of sp³-hybridized carbons (Fsp3) is 0.462. The Bertz CT molecular complexity index is 931. The van der Waals surface area contributed by atoms with E-state index in [9.17, 15) is 24.9 Å². The maximum Gasteiger partial charge on any atom is 0.335 e. The van der Waals surface area contributed by atoms with Crippen molar-refractivity contribution in [2.45, 2.75) is 57.7 Å². The van der Waals surface area contributed by atoms with Crippen LogP contribution in [0.3, 0.4) is 0 Å². The largest absolute Gasteiger partial charge is 0.478 e. The van der Waals surface area contributed by atoms with Crippen molar-refractivity contribution in [3.8, 4) is 0 Å². The molecule has 0 spiro atoms. The third kappa shape index (κ3) is 5.96. The number of rotatable bonds is 5. The number of carboxylic acid groups (broad SMARTS) is 1. The van der Waals surface area contributed by atoms with E-state index in [0.29, 0.717) is 24.9 Å². The van der Waals surface area contributed by atoms with Crippen LogP contribution in [-0.2, 0) is 0 Å². The summed E-state index contributed by atoms with van der Waals surface area (Å²) >= 11 is 0. The number of benzene rings is 2. The van der Waals surface area contributed by atoms with Crippen molar-refractivity contribution in [3.05, 3.63) is 71.3 Å². The second-order valence-electron chi connectivity index (χ2n) is 9.54. The first-order chi connectivity index (χ1) is 15.2. The zero-order valence-electron chi connectivity index (χ0n) is 18.7. The summed E-state index contributed by atoms with van der Waals surface area (Å²) in [6.07, 6.45) is 1.18. The highest BCUT2D eigenvalue weighted by Crippen LogP contribution is 2.41. The van der Waals surface area contributed by atoms with Gasteiger partial charge in [0.05, 0.1) is 17.8 Å². The molecule has 2 aromatic rings. The Morgan fingerprint density at radius 1 is 1.06 bits per heavy atom. The first-order valence-corrected chi connectivity index (χ1v) is 11.2. The van der Waals surface area contributed by atoms with Gasteiger partial charge in [-0.1, -0.05) is 56.7 Å². The summed E-state index contributed by atoms with van der Waals surface area (Å²) in [5.41, 5.74) is 1.04. The predicted molar refractivity (Wildman–Crippen MR) is 123 cm³/mol. The van der Waals surface area contributed by atoms with Gasteiger partial charge in [-0.2, -0.15) is 0 Å². The summed E-state index contributed by atoms with van der Waals surface area (Å²) < 4.78 is 0. The Kier molecular flexibility index (Phi) is 7.69. The van der Waals surface area contributed by atoms with Crippen LogP contribution in [0.1, 0.15) is 71.7 Å². The predicted octanol–water partition coefficient (Wildman–Crippen LogP) is 3.84. The van der Waals surface area contributed by atoms with E-state index in [1.807, 2.05) is 30.3 Å². The van der Waals surface area contributed by atoms with Crippen LogP contribution in [0, 0.1) is 11.3 Å². The van der Waals surface area contributed by atoms with E-state index in [-0.39, 0.29) is 28.7 Å². The zero-order chi connectivity index (χ0) is 23.3. The van der Waals surface area contributed by atoms with E-state index < -0.39 is 18.2 Å². The van der Waals surface area contributed by atoms with Crippen LogP contribution in [0.5, 0.6) is 0 Å². The van der Waals surface area contributed by atoms with Crippen molar-refractivity contribution in [1.82, 2.24) is 5.32 Å². The molecular formula is C26H33NO5. The van der Waals surface area contributed by atoms with Crippen molar-refractivity contribution >= 4 is 11.9 Å². The van der Waals surface area contributed by atoms with Gasteiger partial charge in [0, 0.05) is 18.0 Å². The standard InChI is InChI=1S/C26H33NO5/c1-17-11-12-26(2,16-27-24(30)19-9-6-10-20(14-19)25(31)32)15-21(23(29)22(28)13-17)18-7-4-3-5-8-18/h3-10,14,17,21-23,28-29H,11-13,15-16H2,1-2H3,(H,27,30)(H,31,32)/t17-,21-,22+,23-,26+/m1/s1. The molecule has 0 bridgehead atoms. The summed E-state index contributed by atoms with van der Waals surface area (Å²) in [5, 5.41) is 33.8. The average Bonchev–Trinajstić information content (AvgIpc) is 2.83. The van der Waals surface area contributed by atoms with Crippen LogP contribution in [0.4, 0.5) is 0 Å². The molecule has 4 N–H and O–H groups in total. The maximum absolute atomic E-state index is 12.8. The SMILES string of the molecule is C[C@@H]1CC[C@](C)(CNC(=O)c2cccc(C(=O)O)c2)C[C@H](c2ccccc2)[C@@H](O)[C@@H](O)C1. The molecule has 1 aliphatic carbocycles. The number of carbonyl (C=O) groups excluding carboxylic acids is 1. The van der Waals surface area contributed by atoms with E-state index in [1.54, 1.807) is 12.1 Å². The Hall–Kier alpha value is -2.70. The lowest BCUT2D eigenvalue weighted by Crippen LogP contribution is -2.39. The van der Waals surface area contributed by atoms with Crippen LogP contribution in [-0.4, -0.2) is 45.9 Å². The normalized spacial score (nSPS) is 28.8. The highest BCUT2D eigenvalue weighted by Gasteiger charge is 2.37. The number of carboxylic acids is 1. The number of hydrogen-bond acceptors (Lipinski definition) is 4. The number of nitrogens with one attached hydrogen (secondary N) is 1. The third-order valence-corrected chi connectivity index (χ3v) is 6.68. The molecule has 1 aliphatic rings. The Morgan fingerprint density at radius 3 is 2.44 bits per heavy atom. The van der Waals surface area contributed by atoms with Crippen molar-refractivity contribution < 1.29 is 24.9 Å². The Morgan fingerprint density at radius 2 is 1.75 bits per heavy atom. The van der Waals surface area contributed by atoms with Gasteiger partial charge in [-0.3, -0.25) is 4.79 Å². The minimum atomic E-state index is -1.07. The highest BCUT2D eigenvalue weighted by molar-refractivity contribution is 5.97. The number of aliphatic hydroxyl groups excluding tert-OH is 2. The quantitative estimate of drug-likeness (QED) is 0.566. The number of aliphatic hydroxyl groups is 2. The van der Waals surface area contributed by atoms with Gasteiger partial charge in [0.15, 0.2) is 0 Å². The maximum atomic E-state index is 12.8. The van der Waals surface area contributed by atoms with E-state index in [2.05, 4.69) is 19.2 Å². The fourth-order valence-corrected chi connectivity index (χ4v) is 4.65. The van der Waals surface area contributed by atoms with Crippen LogP contribution in [0.2, 0.25) is 0 Å². The zero-order valence-corrected chi connectivity index (χ0v) is 18.7. The van der Waals surface area contributed by atoms with Crippen molar-refractivity contribution in [2.75, 3.05) is 6.54 Å². The van der Waals surface area contributed by atoms with Crippen molar-refractivity contribution in [3.63, 3.8) is 0 Å². The first-order valence-electron chi connectivity index (χ1n) is 11.2. The molecule has 32 heavy (non-hydrogen) atoms. The lowest BCUT2D eigenvalue weighted by Gasteiger charge is -2.36. The fourth-order valence-electron chi connectivity index (χ4n) is 4.65. The average molecular weight is 440 g/mol. The number of aromatic carboxylic acids is 1. The van der Waals surface area contributed by atoms with E-state index >= 15 is 0 Å². The van der Waals surface area contributed by atoms with Gasteiger partial charge in [0.1, 0.15) is 0 Å². The smallest absolute Gasteiger partial charge is 0.335 e. The van der Waals surface area contributed by atoms with Gasteiger partial charge < -0.3 is 20.6 Å². The molecule has 0 unspecified atom stereocenters. The molecule has 0 radical (unpaired) electrons. The van der Waals surface area contributed by atoms with E-state index in [0.717, 1.165) is 18.4 Å². The van der Waals surface area contributed by atoms with E-state index in [4.69, 9.17) is 0 Å². The Balaban J connectivity index is 1.81. The monoisotopic (exact) mass is 439 g/mol. The summed E-state index contributed by atoms with van der Waals surface area (Å²) in [6, 6.07) is 15.7. The second kappa shape index (κ2) is 10.3. The number of hydrogen-bond donors (Lipinski definition) is 4. The highest BCUT2D eigenvalue weighted by atomic mass is 16.4. The van der Waals surface area contributed by atoms with Crippen molar-refractivity contribution in [2.24, 2.45) is 11.3 Å². The lowest BCUT2D eigenvalue weighted by molar-refractivity contribution is -0.0129. The minimum absolute atomic E-state index is 0.0707. The molecular weight excluding hydrogens is 406 g/mol. The molecule has 0 aromatic heterocycles.